The number of carbonyl (C=O) groups is 1. The number of rotatable bonds is 4. The molecule has 0 saturated carbocycles. The van der Waals surface area contributed by atoms with Crippen LogP contribution in [-0.4, -0.2) is 43.3 Å². The van der Waals surface area contributed by atoms with E-state index in [9.17, 15) is 4.79 Å². The zero-order valence-electron chi connectivity index (χ0n) is 10.9. The number of H-pyrrole nitrogens is 1. The number of aryl methyl sites for hydroxylation is 1. The fourth-order valence-electron chi connectivity index (χ4n) is 1.42. The van der Waals surface area contributed by atoms with E-state index in [1.54, 1.807) is 20.8 Å². The third-order valence-corrected chi connectivity index (χ3v) is 3.63. The molecule has 0 aliphatic heterocycles. The Hall–Kier alpha value is -1.80. The number of hydrogen-bond donors (Lipinski definition) is 3. The standard InChI is InChI=1S/C11H15N5O2S/c1-6-7(9(18)15-11(2,3)4-17)19-10(14-6)8-12-5-13-16-8/h5,17H,4H2,1-3H3,(H,15,18)(H,12,13,16). The molecule has 3 N–H and O–H groups in total. The normalized spacial score (nSPS) is 11.6. The minimum absolute atomic E-state index is 0.133. The van der Waals surface area contributed by atoms with Crippen molar-refractivity contribution in [1.29, 1.82) is 0 Å². The average Bonchev–Trinajstić information content (AvgIpc) is 2.96. The van der Waals surface area contributed by atoms with Gasteiger partial charge in [-0.3, -0.25) is 9.89 Å². The SMILES string of the molecule is Cc1nc(-c2ncn[nH]2)sc1C(=O)NC(C)(C)CO. The molecule has 0 radical (unpaired) electrons. The van der Waals surface area contributed by atoms with Gasteiger partial charge in [-0.2, -0.15) is 5.10 Å². The lowest BCUT2D eigenvalue weighted by Crippen LogP contribution is -2.46. The van der Waals surface area contributed by atoms with Crippen molar-refractivity contribution in [1.82, 2.24) is 25.5 Å². The molecule has 102 valence electrons. The van der Waals surface area contributed by atoms with Gasteiger partial charge in [-0.25, -0.2) is 9.97 Å². The van der Waals surface area contributed by atoms with Crippen LogP contribution in [0.1, 0.15) is 29.2 Å². The number of aliphatic hydroxyl groups is 1. The molecule has 0 bridgehead atoms. The molecular formula is C11H15N5O2S. The molecular weight excluding hydrogens is 266 g/mol. The Morgan fingerprint density at radius 2 is 2.32 bits per heavy atom. The van der Waals surface area contributed by atoms with Crippen molar-refractivity contribution in [2.45, 2.75) is 26.3 Å². The lowest BCUT2D eigenvalue weighted by atomic mass is 10.1. The molecule has 0 aromatic carbocycles. The van der Waals surface area contributed by atoms with Crippen LogP contribution in [0.2, 0.25) is 0 Å². The predicted octanol–water partition coefficient (Wildman–Crippen LogP) is 0.737. The Balaban J connectivity index is 2.24. The highest BCUT2D eigenvalue weighted by atomic mass is 32.1. The van der Waals surface area contributed by atoms with E-state index in [2.05, 4.69) is 25.5 Å². The molecule has 2 aromatic heterocycles. The van der Waals surface area contributed by atoms with E-state index in [0.29, 0.717) is 21.4 Å². The summed E-state index contributed by atoms with van der Waals surface area (Å²) in [4.78, 5) is 20.9. The number of nitrogens with zero attached hydrogens (tertiary/aromatic N) is 3. The molecule has 1 amide bonds. The highest BCUT2D eigenvalue weighted by Crippen LogP contribution is 2.25. The summed E-state index contributed by atoms with van der Waals surface area (Å²) in [5.41, 5.74) is -0.0393. The first-order valence-corrected chi connectivity index (χ1v) is 6.51. The largest absolute Gasteiger partial charge is 0.394 e. The second-order valence-electron chi connectivity index (χ2n) is 4.76. The summed E-state index contributed by atoms with van der Waals surface area (Å²) >= 11 is 1.24. The first-order chi connectivity index (χ1) is 8.93. The maximum Gasteiger partial charge on any atom is 0.263 e. The van der Waals surface area contributed by atoms with Gasteiger partial charge in [-0.15, -0.1) is 11.3 Å². The number of thiazole rings is 1. The van der Waals surface area contributed by atoms with Crippen LogP contribution in [0.25, 0.3) is 10.8 Å². The van der Waals surface area contributed by atoms with Crippen molar-refractivity contribution in [3.63, 3.8) is 0 Å². The molecule has 2 rings (SSSR count). The number of nitrogens with one attached hydrogen (secondary N) is 2. The van der Waals surface area contributed by atoms with Crippen LogP contribution in [0.15, 0.2) is 6.33 Å². The van der Waals surface area contributed by atoms with E-state index in [0.717, 1.165) is 0 Å². The first kappa shape index (κ1) is 13.6. The van der Waals surface area contributed by atoms with E-state index in [1.807, 2.05) is 0 Å². The number of aromatic nitrogens is 4. The summed E-state index contributed by atoms with van der Waals surface area (Å²) in [5.74, 6) is 0.286. The van der Waals surface area contributed by atoms with Crippen LogP contribution in [0.5, 0.6) is 0 Å². The second kappa shape index (κ2) is 5.06. The summed E-state index contributed by atoms with van der Waals surface area (Å²) in [7, 11) is 0. The van der Waals surface area contributed by atoms with Crippen LogP contribution in [-0.2, 0) is 0 Å². The van der Waals surface area contributed by atoms with Gasteiger partial charge in [0.2, 0.25) is 0 Å². The molecule has 0 fully saturated rings. The molecule has 2 aromatic rings. The molecule has 0 unspecified atom stereocenters. The molecule has 7 nitrogen and oxygen atoms in total. The number of hydrogen-bond acceptors (Lipinski definition) is 6. The molecule has 0 aliphatic carbocycles. The third-order valence-electron chi connectivity index (χ3n) is 2.47. The molecule has 8 heteroatoms. The third kappa shape index (κ3) is 2.96. The molecule has 0 saturated heterocycles. The molecule has 19 heavy (non-hydrogen) atoms. The van der Waals surface area contributed by atoms with Crippen molar-refractivity contribution in [3.8, 4) is 10.8 Å². The van der Waals surface area contributed by atoms with Gasteiger partial charge in [0, 0.05) is 0 Å². The smallest absolute Gasteiger partial charge is 0.263 e. The van der Waals surface area contributed by atoms with Crippen molar-refractivity contribution < 1.29 is 9.90 Å². The van der Waals surface area contributed by atoms with Gasteiger partial charge in [0.25, 0.3) is 5.91 Å². The van der Waals surface area contributed by atoms with Crippen LogP contribution in [0.3, 0.4) is 0 Å². The van der Waals surface area contributed by atoms with Crippen LogP contribution in [0, 0.1) is 6.92 Å². The van der Waals surface area contributed by atoms with Crippen molar-refractivity contribution >= 4 is 17.2 Å². The van der Waals surface area contributed by atoms with E-state index in [1.165, 1.54) is 17.7 Å². The monoisotopic (exact) mass is 281 g/mol. The second-order valence-corrected chi connectivity index (χ2v) is 5.76. The van der Waals surface area contributed by atoms with Crippen LogP contribution < -0.4 is 5.32 Å². The Kier molecular flexibility index (Phi) is 3.63. The topological polar surface area (TPSA) is 104 Å². The fraction of sp³-hybridized carbons (Fsp3) is 0.455. The summed E-state index contributed by atoms with van der Waals surface area (Å²) in [6, 6.07) is 0. The van der Waals surface area contributed by atoms with Gasteiger partial charge in [-0.05, 0) is 20.8 Å². The van der Waals surface area contributed by atoms with Crippen molar-refractivity contribution in [3.05, 3.63) is 16.9 Å². The van der Waals surface area contributed by atoms with Crippen LogP contribution >= 0.6 is 11.3 Å². The lowest BCUT2D eigenvalue weighted by Gasteiger charge is -2.22. The van der Waals surface area contributed by atoms with E-state index >= 15 is 0 Å². The highest BCUT2D eigenvalue weighted by molar-refractivity contribution is 7.17. The van der Waals surface area contributed by atoms with Gasteiger partial charge in [0.15, 0.2) is 10.8 Å². The molecule has 2 heterocycles. The van der Waals surface area contributed by atoms with Crippen molar-refractivity contribution in [2.24, 2.45) is 0 Å². The minimum atomic E-state index is -0.667. The van der Waals surface area contributed by atoms with E-state index in [4.69, 9.17) is 5.11 Å². The summed E-state index contributed by atoms with van der Waals surface area (Å²) in [6.45, 7) is 5.13. The zero-order valence-corrected chi connectivity index (χ0v) is 11.7. The van der Waals surface area contributed by atoms with Gasteiger partial charge >= 0.3 is 0 Å². The Labute approximate surface area is 114 Å². The van der Waals surface area contributed by atoms with Gasteiger partial charge < -0.3 is 10.4 Å². The highest BCUT2D eigenvalue weighted by Gasteiger charge is 2.23. The van der Waals surface area contributed by atoms with E-state index < -0.39 is 5.54 Å². The summed E-state index contributed by atoms with van der Waals surface area (Å²) < 4.78 is 0. The summed E-state index contributed by atoms with van der Waals surface area (Å²) in [5, 5.41) is 19.0. The quantitative estimate of drug-likeness (QED) is 0.766. The number of carbonyl (C=O) groups excluding carboxylic acids is 1. The summed E-state index contributed by atoms with van der Waals surface area (Å²) in [6.07, 6.45) is 1.39. The zero-order chi connectivity index (χ0) is 14.0. The molecule has 0 atom stereocenters. The molecule has 0 spiro atoms. The maximum atomic E-state index is 12.1. The first-order valence-electron chi connectivity index (χ1n) is 5.69. The van der Waals surface area contributed by atoms with Gasteiger partial charge in [0.05, 0.1) is 17.8 Å². The Morgan fingerprint density at radius 3 is 2.89 bits per heavy atom. The van der Waals surface area contributed by atoms with Gasteiger partial charge in [-0.1, -0.05) is 0 Å². The number of amides is 1. The molecule has 0 aliphatic rings. The lowest BCUT2D eigenvalue weighted by molar-refractivity contribution is 0.0872. The number of aliphatic hydroxyl groups excluding tert-OH is 1. The van der Waals surface area contributed by atoms with E-state index in [-0.39, 0.29) is 12.5 Å². The minimum Gasteiger partial charge on any atom is -0.394 e. The maximum absolute atomic E-state index is 12.1. The van der Waals surface area contributed by atoms with Gasteiger partial charge in [0.1, 0.15) is 11.2 Å². The van der Waals surface area contributed by atoms with Crippen LogP contribution in [0.4, 0.5) is 0 Å². The Morgan fingerprint density at radius 1 is 1.58 bits per heavy atom. The fourth-order valence-corrected chi connectivity index (χ4v) is 2.33. The average molecular weight is 281 g/mol. The predicted molar refractivity (Wildman–Crippen MR) is 70.9 cm³/mol. The Bertz CT molecular complexity index is 576. The van der Waals surface area contributed by atoms with Crippen molar-refractivity contribution in [2.75, 3.05) is 6.61 Å². The number of aromatic amines is 1.